The minimum absolute atomic E-state index is 0. The molecule has 6 unspecified atom stereocenters. The molecule has 2 aromatic carbocycles. The van der Waals surface area contributed by atoms with Gasteiger partial charge in [-0.15, -0.1) is 0 Å². The summed E-state index contributed by atoms with van der Waals surface area (Å²) < 4.78 is 20.6. The van der Waals surface area contributed by atoms with E-state index in [4.69, 9.17) is 47.4 Å². The van der Waals surface area contributed by atoms with E-state index in [0.717, 1.165) is 25.2 Å². The Hall–Kier alpha value is -0.370. The van der Waals surface area contributed by atoms with E-state index in [1.165, 1.54) is 10.5 Å². The van der Waals surface area contributed by atoms with Gasteiger partial charge in [0.15, 0.2) is 6.49 Å². The van der Waals surface area contributed by atoms with Crippen molar-refractivity contribution in [1.82, 2.24) is 19.8 Å². The molecule has 0 aliphatic carbocycles. The Labute approximate surface area is 391 Å². The van der Waals surface area contributed by atoms with Crippen LogP contribution in [0.2, 0.25) is 0 Å². The second-order valence-electron chi connectivity index (χ2n) is 17.6. The molecule has 358 valence electrons. The van der Waals surface area contributed by atoms with Gasteiger partial charge in [0.1, 0.15) is 25.2 Å². The third kappa shape index (κ3) is 24.1. The number of rotatable bonds is 20. The molecule has 10 nitrogen and oxygen atoms in total. The van der Waals surface area contributed by atoms with Gasteiger partial charge in [0.2, 0.25) is 0 Å². The molecule has 1 aliphatic heterocycles. The lowest BCUT2D eigenvalue weighted by atomic mass is 10.0. The van der Waals surface area contributed by atoms with Crippen LogP contribution in [-0.4, -0.2) is 140 Å². The Morgan fingerprint density at radius 3 is 1.57 bits per heavy atom. The first-order valence-electron chi connectivity index (χ1n) is 22.1. The van der Waals surface area contributed by atoms with E-state index in [-0.39, 0.29) is 37.3 Å². The number of likely N-dealkylation sites (N-methyl/N-ethyl adjacent to an activating group) is 2. The maximum absolute atomic E-state index is 8.71. The van der Waals surface area contributed by atoms with Crippen molar-refractivity contribution in [2.45, 2.75) is 157 Å². The maximum Gasteiger partial charge on any atom is 0.186 e. The zero-order valence-electron chi connectivity index (χ0n) is 41.3. The predicted molar refractivity (Wildman–Crippen MR) is 267 cm³/mol. The average Bonchev–Trinajstić information content (AvgIpc) is 3.39. The number of hydrogen-bond acceptors (Lipinski definition) is 10. The second-order valence-corrected chi connectivity index (χ2v) is 26.1. The second kappa shape index (κ2) is 32.3. The minimum Gasteiger partial charge on any atom is -1.00 e. The number of nitrogens with zero attached hydrogens (tertiary/aromatic N) is 3. The molecular weight excluding hydrogens is 864 g/mol. The van der Waals surface area contributed by atoms with E-state index < -0.39 is 12.9 Å². The van der Waals surface area contributed by atoms with Gasteiger partial charge in [0.05, 0.1) is 31.9 Å². The van der Waals surface area contributed by atoms with Gasteiger partial charge in [-0.05, 0) is 134 Å². The number of halogens is 1. The van der Waals surface area contributed by atoms with Crippen LogP contribution >= 0.6 is 12.9 Å². The van der Waals surface area contributed by atoms with Gasteiger partial charge in [-0.25, -0.2) is 0 Å². The zero-order chi connectivity index (χ0) is 46.4. The lowest BCUT2D eigenvalue weighted by Gasteiger charge is -2.32. The molecule has 1 aliphatic rings. The highest BCUT2D eigenvalue weighted by Gasteiger charge is 2.39. The molecule has 61 heavy (non-hydrogen) atoms. The van der Waals surface area contributed by atoms with Crippen molar-refractivity contribution >= 4 is 36.5 Å². The summed E-state index contributed by atoms with van der Waals surface area (Å²) in [6.45, 7) is 35.8. The number of nitrogens with one attached hydrogen (secondary N) is 2. The first-order chi connectivity index (χ1) is 27.9. The fourth-order valence-corrected chi connectivity index (χ4v) is 11.4. The summed E-state index contributed by atoms with van der Waals surface area (Å²) in [5.74, 6) is 0. The SMILES string of the molecule is CC(C)N(CCO)C(C)C.CC(C)[NH+](CCO)C(C)C.CC1C(c2ccccc2)OP(C)(=S)N1C.CNC(C)C(OP(C)(=S)OCCN(C(C)C)C(C)C)c1ccccc1.[Cl-]. The van der Waals surface area contributed by atoms with E-state index >= 15 is 0 Å². The normalized spacial score (nSPS) is 20.0. The molecule has 0 radical (unpaired) electrons. The van der Waals surface area contributed by atoms with Gasteiger partial charge in [-0.1, -0.05) is 72.5 Å². The maximum atomic E-state index is 8.71. The van der Waals surface area contributed by atoms with Crippen molar-refractivity contribution in [3.8, 4) is 0 Å². The van der Waals surface area contributed by atoms with E-state index in [2.05, 4.69) is 148 Å². The van der Waals surface area contributed by atoms with Crippen LogP contribution in [0.25, 0.3) is 0 Å². The Bertz CT molecular complexity index is 1440. The minimum atomic E-state index is -2.33. The van der Waals surface area contributed by atoms with Crippen LogP contribution in [0.3, 0.4) is 0 Å². The highest BCUT2D eigenvalue weighted by atomic mass is 35.5. The topological polar surface area (TPSA) is 94.3 Å². The monoisotopic (exact) mass is 954 g/mol. The molecular formula is C46H90ClN5O5P2S2. The molecule has 2 aromatic rings. The molecule has 3 rings (SSSR count). The van der Waals surface area contributed by atoms with Gasteiger partial charge >= 0.3 is 0 Å². The third-order valence-electron chi connectivity index (χ3n) is 11.0. The van der Waals surface area contributed by atoms with Crippen molar-refractivity contribution in [2.24, 2.45) is 0 Å². The largest absolute Gasteiger partial charge is 1.00 e. The van der Waals surface area contributed by atoms with Crippen LogP contribution < -0.4 is 22.6 Å². The molecule has 0 bridgehead atoms. The number of benzene rings is 2. The summed E-state index contributed by atoms with van der Waals surface area (Å²) in [7, 11) is 4.00. The van der Waals surface area contributed by atoms with Gasteiger partial charge in [0, 0.05) is 62.7 Å². The first-order valence-corrected chi connectivity index (χ1v) is 28.3. The fraction of sp³-hybridized carbons (Fsp3) is 0.739. The van der Waals surface area contributed by atoms with Gasteiger partial charge < -0.3 is 46.4 Å². The summed E-state index contributed by atoms with van der Waals surface area (Å²) in [6.07, 6.45) is -1.73. The van der Waals surface area contributed by atoms with Gasteiger partial charge in [-0.2, -0.15) is 0 Å². The molecule has 4 N–H and O–H groups in total. The number of hydrogen-bond donors (Lipinski definition) is 4. The van der Waals surface area contributed by atoms with E-state index in [1.807, 2.05) is 56.8 Å². The smallest absolute Gasteiger partial charge is 0.186 e. The van der Waals surface area contributed by atoms with Crippen molar-refractivity contribution in [3.63, 3.8) is 0 Å². The molecule has 15 heteroatoms. The molecule has 6 atom stereocenters. The van der Waals surface area contributed by atoms with Crippen molar-refractivity contribution in [3.05, 3.63) is 71.8 Å². The van der Waals surface area contributed by atoms with Gasteiger partial charge in [0.25, 0.3) is 0 Å². The van der Waals surface area contributed by atoms with Crippen LogP contribution in [0.4, 0.5) is 0 Å². The van der Waals surface area contributed by atoms with Crippen LogP contribution in [0.1, 0.15) is 120 Å². The Balaban J connectivity index is 0. The first kappa shape index (κ1) is 62.7. The number of aliphatic hydroxyl groups excluding tert-OH is 2. The molecule has 0 amide bonds. The summed E-state index contributed by atoms with van der Waals surface area (Å²) in [6, 6.07) is 24.3. The zero-order valence-corrected chi connectivity index (χ0v) is 45.5. The van der Waals surface area contributed by atoms with Gasteiger partial charge in [-0.3, -0.25) is 14.5 Å². The molecule has 0 spiro atoms. The van der Waals surface area contributed by atoms with Crippen LogP contribution in [0, 0.1) is 0 Å². The average molecular weight is 955 g/mol. The Morgan fingerprint density at radius 2 is 1.25 bits per heavy atom. The lowest BCUT2D eigenvalue weighted by Crippen LogP contribution is -3.18. The Morgan fingerprint density at radius 1 is 0.803 bits per heavy atom. The van der Waals surface area contributed by atoms with Crippen molar-refractivity contribution < 1.29 is 41.1 Å². The fourth-order valence-electron chi connectivity index (χ4n) is 7.38. The molecule has 0 aromatic heterocycles. The van der Waals surface area contributed by atoms with E-state index in [9.17, 15) is 0 Å². The standard InChI is InChI=1S/C19H35N2O2PS.C11H16NOPS.2C8H19NO.ClH/c1-15(2)21(16(3)4)13-14-22-24(7,25)23-19(17(5)20-6)18-11-9-8-10-12-18;1-9-11(10-7-5-4-6-8-10)13-14(3,15)12(9)2;2*1-7(2)9(5-6-10)8(3)4;/h8-12,15-17,19-20H,13-14H2,1-7H3;4-9,11H,1-3H3;2*7-8,10H,5-6H2,1-4H3;1H. The predicted octanol–water partition coefficient (Wildman–Crippen LogP) is 5.23. The summed E-state index contributed by atoms with van der Waals surface area (Å²) in [5.41, 5.74) is 2.35. The van der Waals surface area contributed by atoms with Crippen LogP contribution in [0.5, 0.6) is 0 Å². The van der Waals surface area contributed by atoms with E-state index in [1.54, 1.807) is 0 Å². The molecule has 0 saturated carbocycles. The Kier molecular flexibility index (Phi) is 33.2. The molecule has 1 saturated heterocycles. The lowest BCUT2D eigenvalue weighted by molar-refractivity contribution is -0.942. The molecule has 1 heterocycles. The third-order valence-corrected chi connectivity index (χ3v) is 15.9. The summed E-state index contributed by atoms with van der Waals surface area (Å²) in [5, 5.41) is 20.7. The summed E-state index contributed by atoms with van der Waals surface area (Å²) in [4.78, 5) is 6.14. The van der Waals surface area contributed by atoms with E-state index in [0.29, 0.717) is 55.5 Å². The quantitative estimate of drug-likeness (QED) is 0.132. The number of quaternary nitrogens is 1. The summed E-state index contributed by atoms with van der Waals surface area (Å²) >= 11 is 11.2. The number of aliphatic hydroxyl groups is 2. The van der Waals surface area contributed by atoms with Crippen LogP contribution in [0.15, 0.2) is 60.7 Å². The molecule has 1 fully saturated rings. The highest BCUT2D eigenvalue weighted by molar-refractivity contribution is 8.10. The van der Waals surface area contributed by atoms with Crippen LogP contribution in [-0.2, 0) is 37.2 Å². The highest BCUT2D eigenvalue weighted by Crippen LogP contribution is 2.59. The van der Waals surface area contributed by atoms with Crippen molar-refractivity contribution in [2.75, 3.05) is 66.9 Å². The van der Waals surface area contributed by atoms with Crippen molar-refractivity contribution in [1.29, 1.82) is 0 Å².